The van der Waals surface area contributed by atoms with E-state index in [1.165, 1.54) is 10.9 Å². The Morgan fingerprint density at radius 2 is 1.97 bits per heavy atom. The molecule has 0 bridgehead atoms. The van der Waals surface area contributed by atoms with E-state index < -0.39 is 28.4 Å². The third-order valence-corrected chi connectivity index (χ3v) is 5.25. The molecule has 2 heterocycles. The number of carbonyl (C=O) groups excluding carboxylic acids is 1. The van der Waals surface area contributed by atoms with E-state index in [4.69, 9.17) is 0 Å². The highest BCUT2D eigenvalue weighted by Gasteiger charge is 2.19. The van der Waals surface area contributed by atoms with Gasteiger partial charge in [0.1, 0.15) is 17.0 Å². The first-order chi connectivity index (χ1) is 14.4. The normalized spacial score (nSPS) is 12.1. The van der Waals surface area contributed by atoms with Crippen LogP contribution in [0.25, 0.3) is 16.7 Å². The second kappa shape index (κ2) is 8.07. The van der Waals surface area contributed by atoms with Crippen molar-refractivity contribution in [1.29, 1.82) is 0 Å². The maximum Gasteiger partial charge on any atom is 0.262 e. The zero-order chi connectivity index (χ0) is 21.3. The molecule has 0 unspecified atom stereocenters. The SMILES string of the molecule is C[C@@H](Sc1nc2c(cnn2-c2ccccc2)c(=O)[nH]1)C(=O)Nc1cc(F)ccc1F. The van der Waals surface area contributed by atoms with Crippen molar-refractivity contribution in [2.75, 3.05) is 5.32 Å². The van der Waals surface area contributed by atoms with E-state index in [1.807, 2.05) is 30.3 Å². The Balaban J connectivity index is 1.59. The van der Waals surface area contributed by atoms with Gasteiger partial charge in [-0.15, -0.1) is 0 Å². The van der Waals surface area contributed by atoms with Crippen LogP contribution in [0.3, 0.4) is 0 Å². The van der Waals surface area contributed by atoms with Gasteiger partial charge in [0, 0.05) is 6.07 Å². The van der Waals surface area contributed by atoms with E-state index in [0.717, 1.165) is 35.6 Å². The second-order valence-electron chi connectivity index (χ2n) is 6.37. The molecule has 0 saturated carbocycles. The van der Waals surface area contributed by atoms with Gasteiger partial charge in [0.05, 0.1) is 22.8 Å². The van der Waals surface area contributed by atoms with Crippen molar-refractivity contribution < 1.29 is 13.6 Å². The topological polar surface area (TPSA) is 92.7 Å². The van der Waals surface area contributed by atoms with Crippen LogP contribution in [-0.4, -0.2) is 30.9 Å². The van der Waals surface area contributed by atoms with Gasteiger partial charge in [0.15, 0.2) is 10.8 Å². The summed E-state index contributed by atoms with van der Waals surface area (Å²) in [4.78, 5) is 31.9. The molecule has 0 saturated heterocycles. The number of rotatable bonds is 5. The van der Waals surface area contributed by atoms with Crippen LogP contribution in [0.1, 0.15) is 6.92 Å². The molecule has 2 aromatic heterocycles. The predicted molar refractivity (Wildman–Crippen MR) is 110 cm³/mol. The van der Waals surface area contributed by atoms with Crippen LogP contribution in [-0.2, 0) is 4.79 Å². The summed E-state index contributed by atoms with van der Waals surface area (Å²) in [6.07, 6.45) is 1.42. The smallest absolute Gasteiger partial charge is 0.262 e. The van der Waals surface area contributed by atoms with E-state index in [1.54, 1.807) is 6.92 Å². The summed E-state index contributed by atoms with van der Waals surface area (Å²) in [7, 11) is 0. The molecule has 7 nitrogen and oxygen atoms in total. The molecule has 1 amide bonds. The number of amides is 1. The van der Waals surface area contributed by atoms with Crippen molar-refractivity contribution in [3.05, 3.63) is 76.7 Å². The molecular formula is C20H15F2N5O2S. The number of hydrogen-bond donors (Lipinski definition) is 2. The molecule has 2 N–H and O–H groups in total. The van der Waals surface area contributed by atoms with Gasteiger partial charge in [-0.25, -0.2) is 18.4 Å². The van der Waals surface area contributed by atoms with Gasteiger partial charge in [-0.3, -0.25) is 9.59 Å². The van der Waals surface area contributed by atoms with Crippen LogP contribution < -0.4 is 10.9 Å². The van der Waals surface area contributed by atoms with E-state index in [2.05, 4.69) is 20.4 Å². The summed E-state index contributed by atoms with van der Waals surface area (Å²) in [6.45, 7) is 1.57. The van der Waals surface area contributed by atoms with E-state index in [9.17, 15) is 18.4 Å². The van der Waals surface area contributed by atoms with Gasteiger partial charge in [0.2, 0.25) is 5.91 Å². The highest BCUT2D eigenvalue weighted by molar-refractivity contribution is 8.00. The van der Waals surface area contributed by atoms with Crippen LogP contribution in [0, 0.1) is 11.6 Å². The van der Waals surface area contributed by atoms with Crippen molar-refractivity contribution in [1.82, 2.24) is 19.7 Å². The van der Waals surface area contributed by atoms with Crippen molar-refractivity contribution in [3.8, 4) is 5.69 Å². The van der Waals surface area contributed by atoms with Crippen LogP contribution >= 0.6 is 11.8 Å². The van der Waals surface area contributed by atoms with Crippen molar-refractivity contribution in [3.63, 3.8) is 0 Å². The van der Waals surface area contributed by atoms with Gasteiger partial charge in [0.25, 0.3) is 5.56 Å². The molecule has 0 aliphatic rings. The van der Waals surface area contributed by atoms with Crippen LogP contribution in [0.5, 0.6) is 0 Å². The molecule has 0 fully saturated rings. The molecule has 10 heteroatoms. The van der Waals surface area contributed by atoms with Crippen molar-refractivity contribution in [2.45, 2.75) is 17.3 Å². The number of thioether (sulfide) groups is 1. The molecular weight excluding hydrogens is 412 g/mol. The first kappa shape index (κ1) is 19.8. The zero-order valence-electron chi connectivity index (χ0n) is 15.6. The van der Waals surface area contributed by atoms with Crippen LogP contribution in [0.15, 0.2) is 64.7 Å². The van der Waals surface area contributed by atoms with Gasteiger partial charge in [-0.05, 0) is 31.2 Å². The molecule has 4 rings (SSSR count). The lowest BCUT2D eigenvalue weighted by molar-refractivity contribution is -0.115. The number of para-hydroxylation sites is 1. The summed E-state index contributed by atoms with van der Waals surface area (Å²) in [5, 5.41) is 6.33. The maximum absolute atomic E-state index is 13.8. The van der Waals surface area contributed by atoms with Crippen molar-refractivity contribution >= 4 is 34.4 Å². The van der Waals surface area contributed by atoms with E-state index in [0.29, 0.717) is 11.0 Å². The monoisotopic (exact) mass is 427 g/mol. The molecule has 2 aromatic carbocycles. The number of fused-ring (bicyclic) bond motifs is 1. The molecule has 152 valence electrons. The summed E-state index contributed by atoms with van der Waals surface area (Å²) in [6, 6.07) is 12.0. The van der Waals surface area contributed by atoms with Gasteiger partial charge >= 0.3 is 0 Å². The first-order valence-corrected chi connectivity index (χ1v) is 9.76. The highest BCUT2D eigenvalue weighted by Crippen LogP contribution is 2.23. The number of carbonyl (C=O) groups is 1. The predicted octanol–water partition coefficient (Wildman–Crippen LogP) is 3.51. The van der Waals surface area contributed by atoms with Gasteiger partial charge in [-0.2, -0.15) is 5.10 Å². The minimum Gasteiger partial charge on any atom is -0.323 e. The van der Waals surface area contributed by atoms with Gasteiger partial charge < -0.3 is 10.3 Å². The maximum atomic E-state index is 13.8. The number of hydrogen-bond acceptors (Lipinski definition) is 5. The lowest BCUT2D eigenvalue weighted by Gasteiger charge is -2.12. The Kier molecular flexibility index (Phi) is 5.32. The highest BCUT2D eigenvalue weighted by atomic mass is 32.2. The molecule has 0 spiro atoms. The second-order valence-corrected chi connectivity index (χ2v) is 7.70. The zero-order valence-corrected chi connectivity index (χ0v) is 16.4. The summed E-state index contributed by atoms with van der Waals surface area (Å²) in [5.41, 5.74) is 0.421. The Morgan fingerprint density at radius 1 is 1.20 bits per heavy atom. The number of aromatic nitrogens is 4. The Bertz CT molecular complexity index is 1290. The van der Waals surface area contributed by atoms with Crippen LogP contribution in [0.2, 0.25) is 0 Å². The molecule has 0 radical (unpaired) electrons. The fourth-order valence-electron chi connectivity index (χ4n) is 2.76. The average molecular weight is 427 g/mol. The van der Waals surface area contributed by atoms with E-state index in [-0.39, 0.29) is 10.8 Å². The summed E-state index contributed by atoms with van der Waals surface area (Å²) in [5.74, 6) is -1.98. The minimum atomic E-state index is -0.749. The number of aromatic amines is 1. The summed E-state index contributed by atoms with van der Waals surface area (Å²) < 4.78 is 28.6. The largest absolute Gasteiger partial charge is 0.323 e. The number of nitrogens with one attached hydrogen (secondary N) is 2. The fourth-order valence-corrected chi connectivity index (χ4v) is 3.55. The third kappa shape index (κ3) is 3.94. The lowest BCUT2D eigenvalue weighted by Crippen LogP contribution is -2.24. The summed E-state index contributed by atoms with van der Waals surface area (Å²) >= 11 is 0.981. The number of halogens is 2. The molecule has 0 aliphatic carbocycles. The quantitative estimate of drug-likeness (QED) is 0.376. The number of anilines is 1. The van der Waals surface area contributed by atoms with E-state index >= 15 is 0 Å². The molecule has 30 heavy (non-hydrogen) atoms. The molecule has 0 aliphatic heterocycles. The van der Waals surface area contributed by atoms with Crippen molar-refractivity contribution in [2.24, 2.45) is 0 Å². The lowest BCUT2D eigenvalue weighted by atomic mass is 10.3. The molecule has 4 aromatic rings. The fraction of sp³-hybridized carbons (Fsp3) is 0.100. The Labute approximate surface area is 173 Å². The third-order valence-electron chi connectivity index (χ3n) is 4.26. The number of benzene rings is 2. The standard InChI is InChI=1S/C20H15F2N5O2S/c1-11(18(28)24-16-9-12(21)7-8-15(16)22)30-20-25-17-14(19(29)26-20)10-23-27(17)13-5-3-2-4-6-13/h2-11H,1H3,(H,24,28)(H,25,26,29)/t11-/m1/s1. The average Bonchev–Trinajstić information content (AvgIpc) is 3.16. The van der Waals surface area contributed by atoms with Gasteiger partial charge in [-0.1, -0.05) is 30.0 Å². The minimum absolute atomic E-state index is 0.201. The van der Waals surface area contributed by atoms with Crippen LogP contribution in [0.4, 0.5) is 14.5 Å². The number of H-pyrrole nitrogens is 1. The Morgan fingerprint density at radius 3 is 2.73 bits per heavy atom. The first-order valence-electron chi connectivity index (χ1n) is 8.88. The molecule has 1 atom stereocenters. The Hall–Kier alpha value is -3.53. The number of nitrogens with zero attached hydrogens (tertiary/aromatic N) is 3.